The standard InChI is InChI=1S/C17H18N4O3S/c1-20-15-9-8-13(10-14(15)18-17(20)24-3)25-21(2)12-6-4-11(5-7-12)16(22)19-23/h4-10,23H,1-3H3,(H,19,22). The van der Waals surface area contributed by atoms with Crippen LogP contribution in [-0.2, 0) is 7.05 Å². The Labute approximate surface area is 149 Å². The fourth-order valence-corrected chi connectivity index (χ4v) is 3.33. The van der Waals surface area contributed by atoms with Crippen molar-refractivity contribution in [1.29, 1.82) is 0 Å². The van der Waals surface area contributed by atoms with Crippen molar-refractivity contribution >= 4 is 34.6 Å². The molecular formula is C17H18N4O3S. The van der Waals surface area contributed by atoms with E-state index in [1.54, 1.807) is 36.7 Å². The summed E-state index contributed by atoms with van der Waals surface area (Å²) in [5.41, 5.74) is 4.82. The zero-order chi connectivity index (χ0) is 18.0. The van der Waals surface area contributed by atoms with E-state index in [0.717, 1.165) is 21.6 Å². The van der Waals surface area contributed by atoms with Crippen LogP contribution in [0.5, 0.6) is 6.01 Å². The number of carbonyl (C=O) groups is 1. The zero-order valence-corrected chi connectivity index (χ0v) is 14.9. The highest BCUT2D eigenvalue weighted by molar-refractivity contribution is 8.00. The van der Waals surface area contributed by atoms with Crippen LogP contribution < -0.4 is 14.5 Å². The minimum absolute atomic E-state index is 0.395. The molecule has 1 aromatic heterocycles. The molecule has 0 bridgehead atoms. The number of anilines is 1. The maximum atomic E-state index is 11.4. The van der Waals surface area contributed by atoms with Crippen molar-refractivity contribution in [3.05, 3.63) is 48.0 Å². The summed E-state index contributed by atoms with van der Waals surface area (Å²) in [6.45, 7) is 0. The number of hydrogen-bond donors (Lipinski definition) is 2. The predicted molar refractivity (Wildman–Crippen MR) is 97.2 cm³/mol. The summed E-state index contributed by atoms with van der Waals surface area (Å²) >= 11 is 1.55. The Balaban J connectivity index is 1.79. The third-order valence-corrected chi connectivity index (χ3v) is 4.78. The highest BCUT2D eigenvalue weighted by Crippen LogP contribution is 2.30. The van der Waals surface area contributed by atoms with Gasteiger partial charge in [0, 0.05) is 30.2 Å². The maximum Gasteiger partial charge on any atom is 0.296 e. The van der Waals surface area contributed by atoms with Gasteiger partial charge in [-0.15, -0.1) is 0 Å². The molecule has 0 saturated heterocycles. The SMILES string of the molecule is COc1nc2cc(SN(C)c3ccc(C(=O)NO)cc3)ccc2n1C. The quantitative estimate of drug-likeness (QED) is 0.415. The number of rotatable bonds is 5. The van der Waals surface area contributed by atoms with Crippen molar-refractivity contribution < 1.29 is 14.7 Å². The Bertz CT molecular complexity index is 908. The molecule has 0 aliphatic carbocycles. The number of nitrogens with zero attached hydrogens (tertiary/aromatic N) is 3. The number of benzene rings is 2. The highest BCUT2D eigenvalue weighted by atomic mass is 32.2. The molecule has 0 unspecified atom stereocenters. The maximum absolute atomic E-state index is 11.4. The first kappa shape index (κ1) is 17.1. The molecule has 0 spiro atoms. The second-order valence-corrected chi connectivity index (χ2v) is 6.59. The molecule has 0 saturated carbocycles. The van der Waals surface area contributed by atoms with Crippen molar-refractivity contribution in [3.63, 3.8) is 0 Å². The molecule has 1 amide bonds. The van der Waals surface area contributed by atoms with Crippen LogP contribution in [0.2, 0.25) is 0 Å². The van der Waals surface area contributed by atoms with Gasteiger partial charge < -0.3 is 9.04 Å². The van der Waals surface area contributed by atoms with E-state index in [0.29, 0.717) is 11.6 Å². The molecule has 0 aliphatic rings. The summed E-state index contributed by atoms with van der Waals surface area (Å²) < 4.78 is 9.13. The highest BCUT2D eigenvalue weighted by Gasteiger charge is 2.11. The van der Waals surface area contributed by atoms with E-state index in [-0.39, 0.29) is 0 Å². The number of aromatic nitrogens is 2. The molecule has 2 N–H and O–H groups in total. The van der Waals surface area contributed by atoms with E-state index >= 15 is 0 Å². The minimum Gasteiger partial charge on any atom is -0.468 e. The van der Waals surface area contributed by atoms with Crippen LogP contribution in [0.25, 0.3) is 11.0 Å². The van der Waals surface area contributed by atoms with E-state index in [2.05, 4.69) is 4.98 Å². The number of hydroxylamine groups is 1. The average molecular weight is 358 g/mol. The number of ether oxygens (including phenoxy) is 1. The molecular weight excluding hydrogens is 340 g/mol. The number of methoxy groups -OCH3 is 1. The summed E-state index contributed by atoms with van der Waals surface area (Å²) in [6.07, 6.45) is 0. The third kappa shape index (κ3) is 3.40. The molecule has 3 aromatic rings. The summed E-state index contributed by atoms with van der Waals surface area (Å²) in [5.74, 6) is -0.531. The third-order valence-electron chi connectivity index (χ3n) is 3.83. The molecule has 130 valence electrons. The number of imidazole rings is 1. The fraction of sp³-hybridized carbons (Fsp3) is 0.176. The van der Waals surface area contributed by atoms with Gasteiger partial charge >= 0.3 is 0 Å². The second-order valence-electron chi connectivity index (χ2n) is 5.38. The van der Waals surface area contributed by atoms with Gasteiger partial charge in [-0.1, -0.05) is 0 Å². The Morgan fingerprint density at radius 3 is 2.64 bits per heavy atom. The van der Waals surface area contributed by atoms with Crippen LogP contribution >= 0.6 is 11.9 Å². The number of nitrogens with one attached hydrogen (secondary N) is 1. The van der Waals surface area contributed by atoms with Gasteiger partial charge in [0.25, 0.3) is 11.9 Å². The second kappa shape index (κ2) is 7.04. The lowest BCUT2D eigenvalue weighted by atomic mass is 10.2. The first-order valence-electron chi connectivity index (χ1n) is 7.50. The van der Waals surface area contributed by atoms with Crippen molar-refractivity contribution in [1.82, 2.24) is 15.0 Å². The smallest absolute Gasteiger partial charge is 0.296 e. The number of amides is 1. The van der Waals surface area contributed by atoms with Gasteiger partial charge in [0.15, 0.2) is 0 Å². The largest absolute Gasteiger partial charge is 0.468 e. The van der Waals surface area contributed by atoms with Crippen molar-refractivity contribution in [2.45, 2.75) is 4.90 Å². The molecule has 0 fully saturated rings. The molecule has 8 heteroatoms. The van der Waals surface area contributed by atoms with E-state index < -0.39 is 5.91 Å². The molecule has 3 rings (SSSR count). The van der Waals surface area contributed by atoms with Crippen molar-refractivity contribution in [2.75, 3.05) is 18.5 Å². The normalized spacial score (nSPS) is 10.7. The van der Waals surface area contributed by atoms with E-state index in [1.807, 2.05) is 53.3 Å². The van der Waals surface area contributed by atoms with Gasteiger partial charge in [0.1, 0.15) is 0 Å². The molecule has 0 atom stereocenters. The molecule has 2 aromatic carbocycles. The lowest BCUT2D eigenvalue weighted by Gasteiger charge is -2.18. The topological polar surface area (TPSA) is 79.6 Å². The summed E-state index contributed by atoms with van der Waals surface area (Å²) in [4.78, 5) is 16.9. The van der Waals surface area contributed by atoms with Gasteiger partial charge in [0.05, 0.1) is 18.1 Å². The molecule has 25 heavy (non-hydrogen) atoms. The number of hydrogen-bond acceptors (Lipinski definition) is 6. The van der Waals surface area contributed by atoms with Gasteiger partial charge in [-0.05, 0) is 54.4 Å². The van der Waals surface area contributed by atoms with Gasteiger partial charge in [-0.2, -0.15) is 4.98 Å². The van der Waals surface area contributed by atoms with Gasteiger partial charge in [-0.25, -0.2) is 5.48 Å². The molecule has 0 aliphatic heterocycles. The summed E-state index contributed by atoms with van der Waals surface area (Å²) in [5, 5.41) is 8.66. The van der Waals surface area contributed by atoms with Crippen LogP contribution in [0.3, 0.4) is 0 Å². The Kier molecular flexibility index (Phi) is 4.82. The monoisotopic (exact) mass is 358 g/mol. The Hall–Kier alpha value is -2.71. The Morgan fingerprint density at radius 1 is 1.28 bits per heavy atom. The van der Waals surface area contributed by atoms with Gasteiger partial charge in [0.2, 0.25) is 0 Å². The first-order valence-corrected chi connectivity index (χ1v) is 8.27. The predicted octanol–water partition coefficient (Wildman–Crippen LogP) is 2.84. The van der Waals surface area contributed by atoms with Crippen LogP contribution in [0.4, 0.5) is 5.69 Å². The molecule has 0 radical (unpaired) electrons. The lowest BCUT2D eigenvalue weighted by molar-refractivity contribution is 0.0706. The lowest BCUT2D eigenvalue weighted by Crippen LogP contribution is -2.18. The Morgan fingerprint density at radius 2 is 2.00 bits per heavy atom. The average Bonchev–Trinajstić information content (AvgIpc) is 2.96. The molecule has 1 heterocycles. The summed E-state index contributed by atoms with van der Waals surface area (Å²) in [7, 11) is 5.46. The summed E-state index contributed by atoms with van der Waals surface area (Å²) in [6, 6.07) is 13.6. The van der Waals surface area contributed by atoms with Crippen molar-refractivity contribution in [2.24, 2.45) is 7.05 Å². The van der Waals surface area contributed by atoms with Crippen LogP contribution in [0, 0.1) is 0 Å². The van der Waals surface area contributed by atoms with Crippen LogP contribution in [-0.4, -0.2) is 34.8 Å². The molecule has 7 nitrogen and oxygen atoms in total. The number of fused-ring (bicyclic) bond motifs is 1. The van der Waals surface area contributed by atoms with Crippen LogP contribution in [0.1, 0.15) is 10.4 Å². The first-order chi connectivity index (χ1) is 12.0. The zero-order valence-electron chi connectivity index (χ0n) is 14.1. The number of carbonyl (C=O) groups excluding carboxylic acids is 1. The van der Waals surface area contributed by atoms with Gasteiger partial charge in [-0.3, -0.25) is 14.6 Å². The number of aryl methyl sites for hydroxylation is 1. The van der Waals surface area contributed by atoms with Crippen molar-refractivity contribution in [3.8, 4) is 6.01 Å². The van der Waals surface area contributed by atoms with E-state index in [4.69, 9.17) is 9.94 Å². The van der Waals surface area contributed by atoms with Crippen LogP contribution in [0.15, 0.2) is 47.4 Å². The minimum atomic E-state index is -0.531. The van der Waals surface area contributed by atoms with E-state index in [9.17, 15) is 4.79 Å². The van der Waals surface area contributed by atoms with E-state index in [1.165, 1.54) is 0 Å². The fourth-order valence-electron chi connectivity index (χ4n) is 2.49.